The summed E-state index contributed by atoms with van der Waals surface area (Å²) in [6.07, 6.45) is 2.30. The molecular formula is C27H34F3N5O3S. The van der Waals surface area contributed by atoms with Crippen LogP contribution in [0.2, 0.25) is 0 Å². The molecule has 0 bridgehead atoms. The molecule has 39 heavy (non-hydrogen) atoms. The molecular weight excluding hydrogens is 531 g/mol. The Morgan fingerprint density at radius 3 is 2.95 bits per heavy atom. The first-order valence-electron chi connectivity index (χ1n) is 13.6. The number of methoxy groups -OCH3 is 1. The summed E-state index contributed by atoms with van der Waals surface area (Å²) in [5.41, 5.74) is 0.145. The highest BCUT2D eigenvalue weighted by Crippen LogP contribution is 2.51. The fourth-order valence-electron chi connectivity index (χ4n) is 7.01. The maximum Gasteiger partial charge on any atom is 0.417 e. The molecule has 2 aromatic heterocycles. The molecule has 5 heterocycles. The molecule has 3 fully saturated rings. The zero-order chi connectivity index (χ0) is 27.2. The van der Waals surface area contributed by atoms with Crippen LogP contribution in [0.4, 0.5) is 18.3 Å². The van der Waals surface area contributed by atoms with Gasteiger partial charge in [0, 0.05) is 87.3 Å². The van der Waals surface area contributed by atoms with Crippen LogP contribution in [-0.2, 0) is 33.4 Å². The van der Waals surface area contributed by atoms with Crippen LogP contribution in [0, 0.1) is 11.3 Å². The molecule has 1 aliphatic carbocycles. The van der Waals surface area contributed by atoms with E-state index in [1.807, 2.05) is 5.38 Å². The van der Waals surface area contributed by atoms with Gasteiger partial charge in [0.2, 0.25) is 5.91 Å². The zero-order valence-electron chi connectivity index (χ0n) is 22.0. The number of hydrogen-bond acceptors (Lipinski definition) is 8. The molecule has 1 spiro atoms. The summed E-state index contributed by atoms with van der Waals surface area (Å²) < 4.78 is 51.3. The van der Waals surface area contributed by atoms with E-state index in [4.69, 9.17) is 9.47 Å². The van der Waals surface area contributed by atoms with Gasteiger partial charge in [-0.2, -0.15) is 13.2 Å². The van der Waals surface area contributed by atoms with Gasteiger partial charge in [-0.1, -0.05) is 0 Å². The molecule has 0 aromatic carbocycles. The first kappa shape index (κ1) is 26.9. The van der Waals surface area contributed by atoms with Crippen molar-refractivity contribution in [2.24, 2.45) is 11.3 Å². The smallest absolute Gasteiger partial charge is 0.379 e. The summed E-state index contributed by atoms with van der Waals surface area (Å²) in [6, 6.07) is 1.63. The monoisotopic (exact) mass is 565 g/mol. The summed E-state index contributed by atoms with van der Waals surface area (Å²) in [6.45, 7) is 3.23. The second-order valence-corrected chi connectivity index (χ2v) is 12.2. The number of hydrogen-bond donors (Lipinski definition) is 1. The zero-order valence-corrected chi connectivity index (χ0v) is 22.8. The lowest BCUT2D eigenvalue weighted by atomic mass is 9.75. The van der Waals surface area contributed by atoms with Crippen molar-refractivity contribution in [1.82, 2.24) is 20.2 Å². The van der Waals surface area contributed by atoms with Crippen LogP contribution in [0.25, 0.3) is 0 Å². The maximum atomic E-state index is 14.1. The third-order valence-corrected chi connectivity index (χ3v) is 9.85. The predicted octanol–water partition coefficient (Wildman–Crippen LogP) is 3.51. The van der Waals surface area contributed by atoms with E-state index in [1.165, 1.54) is 0 Å². The average Bonchev–Trinajstić information content (AvgIpc) is 3.68. The van der Waals surface area contributed by atoms with Crippen LogP contribution < -0.4 is 10.2 Å². The van der Waals surface area contributed by atoms with Gasteiger partial charge in [-0.05, 0) is 37.3 Å². The fraction of sp³-hybridized carbons (Fsp3) is 0.667. The van der Waals surface area contributed by atoms with Crippen LogP contribution in [-0.4, -0.2) is 78.9 Å². The quantitative estimate of drug-likeness (QED) is 0.595. The summed E-state index contributed by atoms with van der Waals surface area (Å²) >= 11 is 1.57. The third-order valence-electron chi connectivity index (χ3n) is 9.01. The lowest BCUT2D eigenvalue weighted by molar-refractivity contribution is -0.139. The first-order valence-corrected chi connectivity index (χ1v) is 14.5. The molecule has 12 heteroatoms. The van der Waals surface area contributed by atoms with Gasteiger partial charge in [-0.3, -0.25) is 9.78 Å². The van der Waals surface area contributed by atoms with Gasteiger partial charge in [-0.25, -0.2) is 4.98 Å². The number of nitrogens with zero attached hydrogens (tertiary/aromatic N) is 4. The topological polar surface area (TPSA) is 79.8 Å². The Morgan fingerprint density at radius 1 is 1.31 bits per heavy atom. The van der Waals surface area contributed by atoms with Gasteiger partial charge in [0.15, 0.2) is 5.13 Å². The van der Waals surface area contributed by atoms with E-state index in [2.05, 4.69) is 20.2 Å². The number of carbonyl (C=O) groups excluding carboxylic acids is 1. The molecule has 1 N–H and O–H groups in total. The molecule has 6 rings (SSSR count). The highest BCUT2D eigenvalue weighted by atomic mass is 32.1. The van der Waals surface area contributed by atoms with Gasteiger partial charge in [0.25, 0.3) is 0 Å². The van der Waals surface area contributed by atoms with Gasteiger partial charge < -0.3 is 24.6 Å². The largest absolute Gasteiger partial charge is 0.417 e. The van der Waals surface area contributed by atoms with E-state index in [0.717, 1.165) is 49.6 Å². The number of pyridine rings is 1. The summed E-state index contributed by atoms with van der Waals surface area (Å²) in [7, 11) is 1.71. The van der Waals surface area contributed by atoms with Crippen molar-refractivity contribution >= 4 is 22.4 Å². The fourth-order valence-corrected chi connectivity index (χ4v) is 7.67. The molecule has 5 atom stereocenters. The number of fused-ring (bicyclic) bond motifs is 1. The predicted molar refractivity (Wildman–Crippen MR) is 139 cm³/mol. The number of amides is 1. The van der Waals surface area contributed by atoms with E-state index in [9.17, 15) is 18.0 Å². The van der Waals surface area contributed by atoms with Gasteiger partial charge in [0.05, 0.1) is 24.2 Å². The number of carbonyl (C=O) groups is 1. The van der Waals surface area contributed by atoms with Crippen LogP contribution >= 0.6 is 11.3 Å². The molecule has 212 valence electrons. The van der Waals surface area contributed by atoms with Crippen molar-refractivity contribution in [3.8, 4) is 0 Å². The van der Waals surface area contributed by atoms with E-state index in [0.29, 0.717) is 44.0 Å². The SMILES string of the molecule is COC1COCCC1N[C@H]1CC[C@@]2(C1)CN(c1nccs1)CC2C(=O)N1CCc2ncc(C(F)(F)F)cc2C1. The van der Waals surface area contributed by atoms with Crippen molar-refractivity contribution < 1.29 is 27.4 Å². The minimum absolute atomic E-state index is 0.00624. The summed E-state index contributed by atoms with van der Waals surface area (Å²) in [5.74, 6) is -0.222. The first-order chi connectivity index (χ1) is 18.8. The third kappa shape index (κ3) is 5.28. The van der Waals surface area contributed by atoms with Crippen molar-refractivity contribution in [3.63, 3.8) is 0 Å². The number of alkyl halides is 3. The average molecular weight is 566 g/mol. The molecule has 2 saturated heterocycles. The van der Waals surface area contributed by atoms with Crippen LogP contribution in [0.3, 0.4) is 0 Å². The number of ether oxygens (including phenoxy) is 2. The Morgan fingerprint density at radius 2 is 2.18 bits per heavy atom. The molecule has 4 aliphatic rings. The summed E-state index contributed by atoms with van der Waals surface area (Å²) in [5, 5.41) is 6.67. The van der Waals surface area contributed by atoms with E-state index in [1.54, 1.807) is 29.5 Å². The maximum absolute atomic E-state index is 14.1. The normalized spacial score (nSPS) is 31.2. The van der Waals surface area contributed by atoms with Crippen molar-refractivity contribution in [2.45, 2.75) is 63.0 Å². The Kier molecular flexibility index (Phi) is 7.32. The lowest BCUT2D eigenvalue weighted by Gasteiger charge is -2.36. The highest BCUT2D eigenvalue weighted by molar-refractivity contribution is 7.13. The summed E-state index contributed by atoms with van der Waals surface area (Å²) in [4.78, 5) is 26.7. The second-order valence-electron chi connectivity index (χ2n) is 11.3. The van der Waals surface area contributed by atoms with E-state index in [-0.39, 0.29) is 42.0 Å². The van der Waals surface area contributed by atoms with Crippen molar-refractivity contribution in [3.05, 3.63) is 40.7 Å². The Bertz CT molecular complexity index is 1180. The molecule has 8 nitrogen and oxygen atoms in total. The molecule has 3 unspecified atom stereocenters. The van der Waals surface area contributed by atoms with Crippen molar-refractivity contribution in [1.29, 1.82) is 0 Å². The van der Waals surface area contributed by atoms with Crippen molar-refractivity contribution in [2.75, 3.05) is 44.9 Å². The minimum Gasteiger partial charge on any atom is -0.379 e. The number of thiazole rings is 1. The molecule has 2 aromatic rings. The number of rotatable bonds is 5. The Balaban J connectivity index is 1.22. The van der Waals surface area contributed by atoms with Crippen LogP contribution in [0.1, 0.15) is 42.5 Å². The van der Waals surface area contributed by atoms with E-state index >= 15 is 0 Å². The standard InChI is InChI=1S/C27H34F3N5O3S/c1-37-23-15-38-8-4-22(23)33-19-2-5-26(11-19)16-35(25-31-6-9-39-25)14-20(26)24(36)34-7-3-21-17(13-34)10-18(12-32-21)27(28,29)30/h6,9-10,12,19-20,22-23,33H,2-5,7-8,11,13-16H2,1H3/t19-,20?,22?,23?,26+/m0/s1. The van der Waals surface area contributed by atoms with Crippen LogP contribution in [0.15, 0.2) is 23.8 Å². The number of halogens is 3. The molecule has 1 amide bonds. The lowest BCUT2D eigenvalue weighted by Crippen LogP contribution is -2.51. The van der Waals surface area contributed by atoms with Gasteiger partial charge in [0.1, 0.15) is 0 Å². The molecule has 1 saturated carbocycles. The Labute approximate surface area is 229 Å². The highest BCUT2D eigenvalue weighted by Gasteiger charge is 2.55. The second kappa shape index (κ2) is 10.6. The number of nitrogens with one attached hydrogen (secondary N) is 1. The van der Waals surface area contributed by atoms with Gasteiger partial charge >= 0.3 is 6.18 Å². The van der Waals surface area contributed by atoms with E-state index < -0.39 is 11.7 Å². The minimum atomic E-state index is -4.46. The number of anilines is 1. The van der Waals surface area contributed by atoms with Gasteiger partial charge in [-0.15, -0.1) is 11.3 Å². The molecule has 0 radical (unpaired) electrons. The Hall–Kier alpha value is -2.28. The number of aromatic nitrogens is 2. The van der Waals surface area contributed by atoms with Crippen LogP contribution in [0.5, 0.6) is 0 Å². The molecule has 3 aliphatic heterocycles.